The zero-order valence-electron chi connectivity index (χ0n) is 14.4. The Morgan fingerprint density at radius 1 is 1.22 bits per heavy atom. The number of alkyl halides is 3. The smallest absolute Gasteiger partial charge is 0.379 e. The average Bonchev–Trinajstić information content (AvgIpc) is 2.69. The summed E-state index contributed by atoms with van der Waals surface area (Å²) in [5, 5.41) is 2.83. The van der Waals surface area contributed by atoms with E-state index >= 15 is 0 Å². The third kappa shape index (κ3) is 5.01. The lowest BCUT2D eigenvalue weighted by Gasteiger charge is -2.34. The molecule has 1 aliphatic heterocycles. The lowest BCUT2D eigenvalue weighted by Crippen LogP contribution is -2.43. The Kier molecular flexibility index (Phi) is 6.02. The highest BCUT2D eigenvalue weighted by atomic mass is 19.4. The van der Waals surface area contributed by atoms with Crippen LogP contribution in [0.15, 0.2) is 42.9 Å². The number of carbonyl (C=O) groups is 1. The number of pyridine rings is 2. The van der Waals surface area contributed by atoms with Crippen LogP contribution in [0, 0.1) is 0 Å². The van der Waals surface area contributed by atoms with Gasteiger partial charge in [-0.2, -0.15) is 13.2 Å². The molecule has 0 saturated carbocycles. The predicted octanol–water partition coefficient (Wildman–Crippen LogP) is 2.30. The number of halogens is 3. The van der Waals surface area contributed by atoms with Crippen LogP contribution in [0.3, 0.4) is 0 Å². The third-order valence-corrected chi connectivity index (χ3v) is 4.33. The summed E-state index contributed by atoms with van der Waals surface area (Å²) < 4.78 is 43.6. The molecule has 0 aliphatic carbocycles. The molecular formula is C18H19F3N4O2. The van der Waals surface area contributed by atoms with Crippen molar-refractivity contribution in [3.8, 4) is 0 Å². The van der Waals surface area contributed by atoms with Gasteiger partial charge in [0.25, 0.3) is 5.91 Å². The zero-order chi connectivity index (χ0) is 19.3. The summed E-state index contributed by atoms with van der Waals surface area (Å²) in [5.41, 5.74) is 0.0894. The Morgan fingerprint density at radius 2 is 2.00 bits per heavy atom. The van der Waals surface area contributed by atoms with Crippen molar-refractivity contribution >= 4 is 5.91 Å². The second-order valence-corrected chi connectivity index (χ2v) is 6.09. The van der Waals surface area contributed by atoms with Gasteiger partial charge in [-0.15, -0.1) is 0 Å². The van der Waals surface area contributed by atoms with E-state index in [1.165, 1.54) is 18.5 Å². The maximum atomic E-state index is 12.8. The van der Waals surface area contributed by atoms with Gasteiger partial charge in [0.15, 0.2) is 0 Å². The van der Waals surface area contributed by atoms with Crippen LogP contribution in [0.5, 0.6) is 0 Å². The summed E-state index contributed by atoms with van der Waals surface area (Å²) in [6, 6.07) is 5.38. The van der Waals surface area contributed by atoms with Crippen molar-refractivity contribution in [3.63, 3.8) is 0 Å². The summed E-state index contributed by atoms with van der Waals surface area (Å²) in [7, 11) is 0. The molecule has 1 atom stereocenters. The first-order valence-corrected chi connectivity index (χ1v) is 8.48. The van der Waals surface area contributed by atoms with E-state index in [4.69, 9.17) is 4.74 Å². The lowest BCUT2D eigenvalue weighted by atomic mass is 10.1. The van der Waals surface area contributed by atoms with E-state index in [2.05, 4.69) is 20.2 Å². The minimum absolute atomic E-state index is 0.237. The van der Waals surface area contributed by atoms with Crippen LogP contribution in [-0.4, -0.2) is 53.6 Å². The molecule has 1 fully saturated rings. The predicted molar refractivity (Wildman–Crippen MR) is 90.9 cm³/mol. The second-order valence-electron chi connectivity index (χ2n) is 6.09. The highest BCUT2D eigenvalue weighted by Crippen LogP contribution is 2.29. The number of nitrogens with one attached hydrogen (secondary N) is 1. The van der Waals surface area contributed by atoms with Gasteiger partial charge in [0.05, 0.1) is 24.8 Å². The second kappa shape index (κ2) is 8.45. The molecule has 1 amide bonds. The zero-order valence-corrected chi connectivity index (χ0v) is 14.4. The maximum Gasteiger partial charge on any atom is 0.433 e. The molecule has 3 heterocycles. The number of hydrogen-bond donors (Lipinski definition) is 1. The fourth-order valence-electron chi connectivity index (χ4n) is 2.91. The quantitative estimate of drug-likeness (QED) is 0.862. The summed E-state index contributed by atoms with van der Waals surface area (Å²) in [4.78, 5) is 21.8. The first-order valence-electron chi connectivity index (χ1n) is 8.48. The molecule has 9 heteroatoms. The fraction of sp³-hybridized carbons (Fsp3) is 0.389. The Morgan fingerprint density at radius 3 is 2.59 bits per heavy atom. The van der Waals surface area contributed by atoms with E-state index in [0.29, 0.717) is 37.4 Å². The first-order chi connectivity index (χ1) is 12.9. The fourth-order valence-corrected chi connectivity index (χ4v) is 2.91. The van der Waals surface area contributed by atoms with Crippen molar-refractivity contribution in [1.29, 1.82) is 0 Å². The topological polar surface area (TPSA) is 67.4 Å². The minimum atomic E-state index is -4.48. The number of ether oxygens (including phenoxy) is 1. The van der Waals surface area contributed by atoms with E-state index < -0.39 is 11.9 Å². The lowest BCUT2D eigenvalue weighted by molar-refractivity contribution is -0.141. The number of aromatic nitrogens is 2. The highest BCUT2D eigenvalue weighted by Gasteiger charge is 2.33. The number of hydrogen-bond acceptors (Lipinski definition) is 5. The summed E-state index contributed by atoms with van der Waals surface area (Å²) in [6.45, 7) is 2.53. The number of morpholine rings is 1. The van der Waals surface area contributed by atoms with Crippen molar-refractivity contribution in [2.24, 2.45) is 0 Å². The number of nitrogens with zero attached hydrogens (tertiary/aromatic N) is 3. The Bertz CT molecular complexity index is 747. The van der Waals surface area contributed by atoms with Crippen LogP contribution < -0.4 is 5.32 Å². The van der Waals surface area contributed by atoms with Gasteiger partial charge in [-0.1, -0.05) is 6.07 Å². The van der Waals surface area contributed by atoms with Crippen LogP contribution >= 0.6 is 0 Å². The van der Waals surface area contributed by atoms with Crippen molar-refractivity contribution in [2.45, 2.75) is 12.2 Å². The van der Waals surface area contributed by atoms with E-state index in [9.17, 15) is 18.0 Å². The van der Waals surface area contributed by atoms with E-state index in [0.717, 1.165) is 6.07 Å². The van der Waals surface area contributed by atoms with Crippen molar-refractivity contribution in [3.05, 3.63) is 59.7 Å². The van der Waals surface area contributed by atoms with Crippen LogP contribution in [0.4, 0.5) is 13.2 Å². The van der Waals surface area contributed by atoms with Gasteiger partial charge in [-0.3, -0.25) is 19.7 Å². The highest BCUT2D eigenvalue weighted by molar-refractivity contribution is 5.93. The normalized spacial score (nSPS) is 16.7. The van der Waals surface area contributed by atoms with E-state index in [1.54, 1.807) is 18.3 Å². The molecule has 0 aromatic carbocycles. The molecule has 144 valence electrons. The van der Waals surface area contributed by atoms with Gasteiger partial charge >= 0.3 is 6.18 Å². The largest absolute Gasteiger partial charge is 0.433 e. The SMILES string of the molecule is O=C(NCC(c1ccc(C(F)(F)F)nc1)N1CCOCC1)c1cccnc1. The molecule has 1 N–H and O–H groups in total. The van der Waals surface area contributed by atoms with Gasteiger partial charge in [-0.05, 0) is 23.8 Å². The van der Waals surface area contributed by atoms with E-state index in [1.807, 2.05) is 0 Å². The van der Waals surface area contributed by atoms with Gasteiger partial charge in [0.2, 0.25) is 0 Å². The van der Waals surface area contributed by atoms with Crippen molar-refractivity contribution in [1.82, 2.24) is 20.2 Å². The number of rotatable bonds is 5. The average molecular weight is 380 g/mol. The van der Waals surface area contributed by atoms with Crippen molar-refractivity contribution in [2.75, 3.05) is 32.8 Å². The molecule has 0 bridgehead atoms. The molecule has 0 radical (unpaired) electrons. The van der Waals surface area contributed by atoms with Crippen molar-refractivity contribution < 1.29 is 22.7 Å². The molecule has 2 aromatic heterocycles. The van der Waals surface area contributed by atoms with Crippen LogP contribution in [0.2, 0.25) is 0 Å². The summed E-state index contributed by atoms with van der Waals surface area (Å²) in [5.74, 6) is -0.291. The van der Waals surface area contributed by atoms with Crippen LogP contribution in [0.25, 0.3) is 0 Å². The summed E-state index contributed by atoms with van der Waals surface area (Å²) in [6.07, 6.45) is -0.235. The molecule has 0 spiro atoms. The molecule has 27 heavy (non-hydrogen) atoms. The van der Waals surface area contributed by atoms with Crippen LogP contribution in [0.1, 0.15) is 27.7 Å². The molecule has 1 saturated heterocycles. The standard InChI is InChI=1S/C18H19F3N4O2/c19-18(20,21)16-4-3-13(11-23-16)15(25-6-8-27-9-7-25)12-24-17(26)14-2-1-5-22-10-14/h1-5,10-11,15H,6-9,12H2,(H,24,26). The Labute approximate surface area is 154 Å². The van der Waals surface area contributed by atoms with Crippen LogP contribution in [-0.2, 0) is 10.9 Å². The molecule has 1 unspecified atom stereocenters. The number of carbonyl (C=O) groups excluding carboxylic acids is 1. The molecule has 1 aliphatic rings. The summed E-state index contributed by atoms with van der Waals surface area (Å²) >= 11 is 0. The Hall–Kier alpha value is -2.52. The first kappa shape index (κ1) is 19.2. The third-order valence-electron chi connectivity index (χ3n) is 4.33. The van der Waals surface area contributed by atoms with Gasteiger partial charge in [0, 0.05) is 38.2 Å². The minimum Gasteiger partial charge on any atom is -0.379 e. The molecule has 2 aromatic rings. The van der Waals surface area contributed by atoms with Gasteiger partial charge in [-0.25, -0.2) is 0 Å². The Balaban J connectivity index is 1.75. The van der Waals surface area contributed by atoms with Gasteiger partial charge < -0.3 is 10.1 Å². The molecule has 6 nitrogen and oxygen atoms in total. The molecular weight excluding hydrogens is 361 g/mol. The maximum absolute atomic E-state index is 12.8. The van der Waals surface area contributed by atoms with Gasteiger partial charge in [0.1, 0.15) is 5.69 Å². The molecule has 3 rings (SSSR count). The number of amides is 1. The monoisotopic (exact) mass is 380 g/mol. The van der Waals surface area contributed by atoms with E-state index in [-0.39, 0.29) is 18.5 Å².